The number of carbonyl (C=O) groups excluding carboxylic acids is 2. The van der Waals surface area contributed by atoms with E-state index < -0.39 is 39.7 Å². The number of cyclic esters (lactones) is 1. The van der Waals surface area contributed by atoms with E-state index in [0.29, 0.717) is 44.1 Å². The summed E-state index contributed by atoms with van der Waals surface area (Å²) in [4.78, 5) is 25.7. The van der Waals surface area contributed by atoms with Gasteiger partial charge in [0.15, 0.2) is 5.78 Å². The highest BCUT2D eigenvalue weighted by Crippen LogP contribution is 2.72. The fraction of sp³-hybridized carbons (Fsp3) is 0.786. The van der Waals surface area contributed by atoms with E-state index in [2.05, 4.69) is 6.92 Å². The van der Waals surface area contributed by atoms with Gasteiger partial charge in [-0.3, -0.25) is 4.79 Å². The zero-order valence-electron chi connectivity index (χ0n) is 21.3. The van der Waals surface area contributed by atoms with Crippen molar-refractivity contribution in [3.05, 3.63) is 23.3 Å². The highest BCUT2D eigenvalue weighted by Gasteiger charge is 2.79. The molecule has 0 aromatic rings. The van der Waals surface area contributed by atoms with Gasteiger partial charge in [-0.05, 0) is 83.6 Å². The van der Waals surface area contributed by atoms with Crippen molar-refractivity contribution in [1.29, 1.82) is 0 Å². The van der Waals surface area contributed by atoms with Crippen LogP contribution in [0.1, 0.15) is 73.1 Å². The lowest BCUT2D eigenvalue weighted by Gasteiger charge is -2.62. The molecule has 0 aromatic carbocycles. The number of fused-ring (bicyclic) bond motifs is 8. The van der Waals surface area contributed by atoms with Gasteiger partial charge in [-0.15, -0.1) is 0 Å². The van der Waals surface area contributed by atoms with E-state index in [1.165, 1.54) is 0 Å². The largest absolute Gasteiger partial charge is 0.455 e. The van der Waals surface area contributed by atoms with Crippen LogP contribution >= 0.6 is 0 Å². The molecule has 2 aliphatic heterocycles. The van der Waals surface area contributed by atoms with Crippen LogP contribution in [-0.2, 0) is 19.1 Å². The monoisotopic (exact) mass is 486 g/mol. The molecule has 0 spiro atoms. The summed E-state index contributed by atoms with van der Waals surface area (Å²) in [6.07, 6.45) is 5.17. The highest BCUT2D eigenvalue weighted by atomic mass is 16.6. The van der Waals surface area contributed by atoms with E-state index in [9.17, 15) is 24.9 Å². The molecule has 7 nitrogen and oxygen atoms in total. The Morgan fingerprint density at radius 2 is 1.77 bits per heavy atom. The van der Waals surface area contributed by atoms with E-state index >= 15 is 0 Å². The predicted molar refractivity (Wildman–Crippen MR) is 126 cm³/mol. The minimum atomic E-state index is -1.65. The first-order chi connectivity index (χ1) is 16.2. The van der Waals surface area contributed by atoms with Crippen LogP contribution in [0.4, 0.5) is 0 Å². The fourth-order valence-corrected chi connectivity index (χ4v) is 9.28. The van der Waals surface area contributed by atoms with Gasteiger partial charge in [-0.1, -0.05) is 18.6 Å². The Hall–Kier alpha value is -1.54. The number of allylic oxidation sites excluding steroid dienone is 1. The molecule has 4 fully saturated rings. The Morgan fingerprint density at radius 3 is 2.46 bits per heavy atom. The van der Waals surface area contributed by atoms with Crippen LogP contribution in [0, 0.1) is 28.6 Å². The summed E-state index contributed by atoms with van der Waals surface area (Å²) in [5.74, 6) is -0.499. The molecule has 0 amide bonds. The Labute approximate surface area is 206 Å². The summed E-state index contributed by atoms with van der Waals surface area (Å²) in [6, 6.07) is 0. The molecule has 35 heavy (non-hydrogen) atoms. The smallest absolute Gasteiger partial charge is 0.334 e. The van der Waals surface area contributed by atoms with Gasteiger partial charge >= 0.3 is 5.97 Å². The summed E-state index contributed by atoms with van der Waals surface area (Å²) in [5, 5.41) is 36.0. The maximum Gasteiger partial charge on any atom is 0.334 e. The first kappa shape index (κ1) is 23.8. The fourth-order valence-electron chi connectivity index (χ4n) is 9.28. The van der Waals surface area contributed by atoms with Gasteiger partial charge in [0.2, 0.25) is 0 Å². The van der Waals surface area contributed by atoms with Crippen LogP contribution in [0.5, 0.6) is 0 Å². The number of carbonyl (C=O) groups is 2. The van der Waals surface area contributed by atoms with Crippen LogP contribution in [0.3, 0.4) is 0 Å². The number of epoxide rings is 1. The Morgan fingerprint density at radius 1 is 1.09 bits per heavy atom. The van der Waals surface area contributed by atoms with Crippen LogP contribution in [-0.4, -0.2) is 62.2 Å². The topological polar surface area (TPSA) is 117 Å². The first-order valence-corrected chi connectivity index (χ1v) is 13.1. The summed E-state index contributed by atoms with van der Waals surface area (Å²) in [7, 11) is 0. The molecule has 11 atom stereocenters. The molecular weight excluding hydrogens is 448 g/mol. The normalized spacial score (nSPS) is 54.3. The number of esters is 1. The molecule has 7 heteroatoms. The molecule has 3 saturated carbocycles. The molecule has 0 bridgehead atoms. The van der Waals surface area contributed by atoms with Crippen LogP contribution in [0.15, 0.2) is 23.3 Å². The number of rotatable bonds is 2. The van der Waals surface area contributed by atoms with E-state index in [1.54, 1.807) is 26.0 Å². The van der Waals surface area contributed by atoms with Crippen LogP contribution in [0.25, 0.3) is 0 Å². The maximum atomic E-state index is 13.3. The molecule has 2 heterocycles. The second-order valence-corrected chi connectivity index (χ2v) is 12.9. The lowest BCUT2D eigenvalue weighted by Crippen LogP contribution is -2.71. The van der Waals surface area contributed by atoms with E-state index in [-0.39, 0.29) is 35.7 Å². The van der Waals surface area contributed by atoms with Crippen LogP contribution in [0.2, 0.25) is 0 Å². The second kappa shape index (κ2) is 6.85. The van der Waals surface area contributed by atoms with Crippen molar-refractivity contribution in [2.45, 2.75) is 108 Å². The van der Waals surface area contributed by atoms with Crippen molar-refractivity contribution in [1.82, 2.24) is 0 Å². The van der Waals surface area contributed by atoms with Crippen molar-refractivity contribution in [2.24, 2.45) is 28.6 Å². The van der Waals surface area contributed by atoms with Crippen molar-refractivity contribution >= 4 is 11.8 Å². The molecule has 0 unspecified atom stereocenters. The molecule has 0 radical (unpaired) electrons. The van der Waals surface area contributed by atoms with Crippen molar-refractivity contribution in [2.75, 3.05) is 0 Å². The number of ketones is 1. The van der Waals surface area contributed by atoms with E-state index in [0.717, 1.165) is 5.57 Å². The van der Waals surface area contributed by atoms with Gasteiger partial charge in [-0.2, -0.15) is 0 Å². The summed E-state index contributed by atoms with van der Waals surface area (Å²) >= 11 is 0. The van der Waals surface area contributed by atoms with Gasteiger partial charge in [0.25, 0.3) is 0 Å². The molecule has 192 valence electrons. The molecular formula is C28H38O7. The first-order valence-electron chi connectivity index (χ1n) is 13.1. The third kappa shape index (κ3) is 2.56. The molecule has 1 saturated heterocycles. The average molecular weight is 487 g/mol. The zero-order valence-corrected chi connectivity index (χ0v) is 21.3. The Bertz CT molecular complexity index is 1080. The maximum absolute atomic E-state index is 13.3. The molecule has 4 aliphatic carbocycles. The summed E-state index contributed by atoms with van der Waals surface area (Å²) in [6.45, 7) is 9.18. The molecule has 0 aromatic heterocycles. The van der Waals surface area contributed by atoms with Gasteiger partial charge in [-0.25, -0.2) is 4.79 Å². The molecule has 6 rings (SSSR count). The third-order valence-corrected chi connectivity index (χ3v) is 11.9. The number of ether oxygens (including phenoxy) is 2. The standard InChI is InChI=1S/C28H38O7/c1-14-13-19(34-23(30)15(14)2)26(5,31)28(33)12-9-16-20-17(8-11-24(16,28)3)25(4)18(29)7-6-10-27(25,32)22-21(20)35-22/h6-7,16-17,19-22,31-33H,8-13H2,1-5H3/t16-,17-,19+,20-,21-,22-,24-,25-,26-,27-,28+/m0/s1. The second-order valence-electron chi connectivity index (χ2n) is 12.9. The molecule has 3 N–H and O–H groups in total. The molecule has 6 aliphatic rings. The van der Waals surface area contributed by atoms with Crippen molar-refractivity contribution in [3.63, 3.8) is 0 Å². The highest BCUT2D eigenvalue weighted by molar-refractivity contribution is 5.97. The van der Waals surface area contributed by atoms with Crippen molar-refractivity contribution < 1.29 is 34.4 Å². The Balaban J connectivity index is 1.37. The van der Waals surface area contributed by atoms with Crippen molar-refractivity contribution in [3.8, 4) is 0 Å². The van der Waals surface area contributed by atoms with Gasteiger partial charge in [0.05, 0.1) is 11.5 Å². The quantitative estimate of drug-likeness (QED) is 0.406. The zero-order chi connectivity index (χ0) is 25.3. The number of hydrogen-bond acceptors (Lipinski definition) is 7. The lowest BCUT2D eigenvalue weighted by molar-refractivity contribution is -0.256. The van der Waals surface area contributed by atoms with Gasteiger partial charge < -0.3 is 24.8 Å². The minimum Gasteiger partial charge on any atom is -0.455 e. The van der Waals surface area contributed by atoms with E-state index in [1.807, 2.05) is 13.8 Å². The number of hydrogen-bond donors (Lipinski definition) is 3. The van der Waals surface area contributed by atoms with E-state index in [4.69, 9.17) is 9.47 Å². The lowest BCUT2D eigenvalue weighted by atomic mass is 9.43. The summed E-state index contributed by atoms with van der Waals surface area (Å²) in [5.41, 5.74) is -4.45. The Kier molecular flexibility index (Phi) is 4.67. The van der Waals surface area contributed by atoms with Gasteiger partial charge in [0, 0.05) is 17.4 Å². The van der Waals surface area contributed by atoms with Crippen LogP contribution < -0.4 is 0 Å². The summed E-state index contributed by atoms with van der Waals surface area (Å²) < 4.78 is 11.8. The van der Waals surface area contributed by atoms with Gasteiger partial charge in [0.1, 0.15) is 29.0 Å². The predicted octanol–water partition coefficient (Wildman–Crippen LogP) is 2.61. The third-order valence-electron chi connectivity index (χ3n) is 11.9. The SMILES string of the molecule is CC1=C(C)C(=O)O[C@@H]([C@](C)(O)[C@@]2(O)CC[C@H]3[C@@H]4[C@@H]5O[C@@H]5[C@@]5(O)CC=CC(=O)[C@]5(C)[C@H]4CC[C@@]32C)C1. The minimum absolute atomic E-state index is 0.0158. The average Bonchev–Trinajstić information content (AvgIpc) is 3.55. The number of aliphatic hydroxyl groups is 3.